The summed E-state index contributed by atoms with van der Waals surface area (Å²) in [5, 5.41) is 0. The Morgan fingerprint density at radius 3 is 2.56 bits per heavy atom. The van der Waals surface area contributed by atoms with Crippen LogP contribution in [-0.4, -0.2) is 6.54 Å². The quantitative estimate of drug-likeness (QED) is 0.837. The van der Waals surface area contributed by atoms with Crippen LogP contribution in [0.2, 0.25) is 0 Å². The molecule has 100 valence electrons. The molecule has 1 aliphatic rings. The zero-order chi connectivity index (χ0) is 13.2. The molecule has 0 radical (unpaired) electrons. The predicted molar refractivity (Wildman–Crippen MR) is 78.9 cm³/mol. The zero-order valence-corrected chi connectivity index (χ0v) is 12.1. The Hall–Kier alpha value is -0.820. The number of hydrogen-bond acceptors (Lipinski definition) is 1. The van der Waals surface area contributed by atoms with Gasteiger partial charge in [0.2, 0.25) is 0 Å². The van der Waals surface area contributed by atoms with Crippen molar-refractivity contribution in [2.75, 3.05) is 6.54 Å². The van der Waals surface area contributed by atoms with Crippen LogP contribution in [0.4, 0.5) is 0 Å². The van der Waals surface area contributed by atoms with E-state index in [0.29, 0.717) is 11.3 Å². The molecular formula is C17H27N. The fourth-order valence-corrected chi connectivity index (χ4v) is 2.99. The van der Waals surface area contributed by atoms with Crippen LogP contribution >= 0.6 is 0 Å². The van der Waals surface area contributed by atoms with Gasteiger partial charge in [-0.15, -0.1) is 0 Å². The van der Waals surface area contributed by atoms with E-state index >= 15 is 0 Å². The van der Waals surface area contributed by atoms with E-state index in [-0.39, 0.29) is 0 Å². The number of rotatable bonds is 3. The summed E-state index contributed by atoms with van der Waals surface area (Å²) in [6.07, 6.45) is 5.39. The summed E-state index contributed by atoms with van der Waals surface area (Å²) in [5.41, 5.74) is 9.26. The van der Waals surface area contributed by atoms with Gasteiger partial charge in [-0.1, -0.05) is 45.0 Å². The first-order chi connectivity index (χ1) is 8.52. The van der Waals surface area contributed by atoms with Gasteiger partial charge in [-0.05, 0) is 60.6 Å². The smallest absolute Gasteiger partial charge is 0.00109 e. The van der Waals surface area contributed by atoms with Gasteiger partial charge in [0.15, 0.2) is 0 Å². The first-order valence-electron chi connectivity index (χ1n) is 7.32. The molecule has 1 atom stereocenters. The molecule has 1 aromatic carbocycles. The van der Waals surface area contributed by atoms with Crippen molar-refractivity contribution in [1.82, 2.24) is 0 Å². The molecule has 0 bridgehead atoms. The first-order valence-corrected chi connectivity index (χ1v) is 7.32. The number of hydrogen-bond donors (Lipinski definition) is 1. The molecule has 1 fully saturated rings. The molecule has 0 amide bonds. The minimum atomic E-state index is 0.477. The lowest BCUT2D eigenvalue weighted by molar-refractivity contribution is 0.224. The molecule has 18 heavy (non-hydrogen) atoms. The van der Waals surface area contributed by atoms with Gasteiger partial charge < -0.3 is 5.73 Å². The average Bonchev–Trinajstić information content (AvgIpc) is 2.38. The summed E-state index contributed by atoms with van der Waals surface area (Å²) < 4.78 is 0. The Bertz CT molecular complexity index is 384. The van der Waals surface area contributed by atoms with Crippen molar-refractivity contribution in [3.05, 3.63) is 35.4 Å². The van der Waals surface area contributed by atoms with Crippen molar-refractivity contribution < 1.29 is 0 Å². The molecule has 1 aliphatic carbocycles. The Labute approximate surface area is 112 Å². The van der Waals surface area contributed by atoms with Crippen LogP contribution in [0, 0.1) is 5.41 Å². The summed E-state index contributed by atoms with van der Waals surface area (Å²) >= 11 is 0. The van der Waals surface area contributed by atoms with Gasteiger partial charge in [0.1, 0.15) is 0 Å². The Morgan fingerprint density at radius 1 is 1.28 bits per heavy atom. The molecule has 1 nitrogen and oxygen atoms in total. The van der Waals surface area contributed by atoms with Crippen LogP contribution in [0.3, 0.4) is 0 Å². The monoisotopic (exact) mass is 245 g/mol. The molecule has 0 heterocycles. The van der Waals surface area contributed by atoms with E-state index < -0.39 is 0 Å². The average molecular weight is 245 g/mol. The standard InChI is InChI=1S/C17H27N/c1-13(12-18)15-5-4-6-16(11-15)14-7-9-17(2,3)10-8-14/h4-6,11,13-14H,7-10,12,18H2,1-3H3. The highest BCUT2D eigenvalue weighted by Crippen LogP contribution is 2.42. The summed E-state index contributed by atoms with van der Waals surface area (Å²) in [6.45, 7) is 7.75. The highest BCUT2D eigenvalue weighted by atomic mass is 14.5. The van der Waals surface area contributed by atoms with Crippen molar-refractivity contribution in [2.24, 2.45) is 11.1 Å². The van der Waals surface area contributed by atoms with E-state index in [2.05, 4.69) is 45.0 Å². The molecule has 0 spiro atoms. The van der Waals surface area contributed by atoms with Gasteiger partial charge in [0.05, 0.1) is 0 Å². The van der Waals surface area contributed by atoms with Gasteiger partial charge in [0, 0.05) is 0 Å². The molecule has 2 rings (SSSR count). The second kappa shape index (κ2) is 5.44. The van der Waals surface area contributed by atoms with Crippen molar-refractivity contribution in [3.8, 4) is 0 Å². The summed E-state index contributed by atoms with van der Waals surface area (Å²) in [6, 6.07) is 9.11. The van der Waals surface area contributed by atoms with Gasteiger partial charge >= 0.3 is 0 Å². The molecule has 1 heteroatoms. The van der Waals surface area contributed by atoms with Crippen molar-refractivity contribution >= 4 is 0 Å². The van der Waals surface area contributed by atoms with Crippen molar-refractivity contribution in [2.45, 2.75) is 58.3 Å². The predicted octanol–water partition coefficient (Wildman–Crippen LogP) is 4.43. The van der Waals surface area contributed by atoms with Gasteiger partial charge in [-0.25, -0.2) is 0 Å². The van der Waals surface area contributed by atoms with Crippen LogP contribution in [0.5, 0.6) is 0 Å². The van der Waals surface area contributed by atoms with Crippen LogP contribution in [0.15, 0.2) is 24.3 Å². The maximum Gasteiger partial charge on any atom is -0.00109 e. The molecule has 1 aromatic rings. The van der Waals surface area contributed by atoms with E-state index in [1.54, 1.807) is 0 Å². The normalized spacial score (nSPS) is 21.8. The molecule has 0 saturated heterocycles. The molecular weight excluding hydrogens is 218 g/mol. The van der Waals surface area contributed by atoms with Crippen molar-refractivity contribution in [1.29, 1.82) is 0 Å². The minimum Gasteiger partial charge on any atom is -0.330 e. The fourth-order valence-electron chi connectivity index (χ4n) is 2.99. The first kappa shape index (κ1) is 13.6. The maximum absolute atomic E-state index is 5.77. The van der Waals surface area contributed by atoms with Crippen molar-refractivity contribution in [3.63, 3.8) is 0 Å². The third-order valence-corrected chi connectivity index (χ3v) is 4.64. The molecule has 1 unspecified atom stereocenters. The molecule has 2 N–H and O–H groups in total. The third-order valence-electron chi connectivity index (χ3n) is 4.64. The Morgan fingerprint density at radius 2 is 1.94 bits per heavy atom. The lowest BCUT2D eigenvalue weighted by Gasteiger charge is -2.34. The van der Waals surface area contributed by atoms with Gasteiger partial charge in [-0.2, -0.15) is 0 Å². The van der Waals surface area contributed by atoms with Crippen LogP contribution in [0.1, 0.15) is 69.4 Å². The maximum atomic E-state index is 5.77. The number of nitrogens with two attached hydrogens (primary N) is 1. The van der Waals surface area contributed by atoms with Crippen LogP contribution in [0.25, 0.3) is 0 Å². The zero-order valence-electron chi connectivity index (χ0n) is 12.1. The lowest BCUT2D eigenvalue weighted by atomic mass is 9.71. The summed E-state index contributed by atoms with van der Waals surface area (Å²) in [4.78, 5) is 0. The topological polar surface area (TPSA) is 26.0 Å². The SMILES string of the molecule is CC(CN)c1cccc(C2CCC(C)(C)CC2)c1. The highest BCUT2D eigenvalue weighted by Gasteiger charge is 2.27. The highest BCUT2D eigenvalue weighted by molar-refractivity contribution is 5.29. The van der Waals surface area contributed by atoms with E-state index in [9.17, 15) is 0 Å². The fraction of sp³-hybridized carbons (Fsp3) is 0.647. The van der Waals surface area contributed by atoms with Crippen LogP contribution < -0.4 is 5.73 Å². The summed E-state index contributed by atoms with van der Waals surface area (Å²) in [5.74, 6) is 1.24. The summed E-state index contributed by atoms with van der Waals surface area (Å²) in [7, 11) is 0. The lowest BCUT2D eigenvalue weighted by Crippen LogP contribution is -2.20. The Balaban J connectivity index is 2.10. The number of benzene rings is 1. The van der Waals surface area contributed by atoms with E-state index in [1.165, 1.54) is 36.8 Å². The molecule has 0 aliphatic heterocycles. The van der Waals surface area contributed by atoms with Crippen LogP contribution in [-0.2, 0) is 0 Å². The van der Waals surface area contributed by atoms with E-state index in [1.807, 2.05) is 0 Å². The van der Waals surface area contributed by atoms with E-state index in [4.69, 9.17) is 5.73 Å². The molecule has 0 aromatic heterocycles. The molecule has 1 saturated carbocycles. The largest absolute Gasteiger partial charge is 0.330 e. The minimum absolute atomic E-state index is 0.477. The van der Waals surface area contributed by atoms with Gasteiger partial charge in [-0.3, -0.25) is 0 Å². The van der Waals surface area contributed by atoms with E-state index in [0.717, 1.165) is 12.5 Å². The second-order valence-electron chi connectivity index (χ2n) is 6.75. The van der Waals surface area contributed by atoms with Gasteiger partial charge in [0.25, 0.3) is 0 Å². The second-order valence-corrected chi connectivity index (χ2v) is 6.75. The third kappa shape index (κ3) is 3.14. The Kier molecular flexibility index (Phi) is 4.11.